The van der Waals surface area contributed by atoms with Crippen molar-refractivity contribution in [3.05, 3.63) is 0 Å². The first-order valence-electron chi connectivity index (χ1n) is 8.40. The fraction of sp³-hybridized carbons (Fsp3) is 0.938. The van der Waals surface area contributed by atoms with Crippen LogP contribution in [0.15, 0.2) is 4.99 Å². The Hall–Kier alpha value is -0.0400. The molecule has 0 aromatic heterocycles. The van der Waals surface area contributed by atoms with E-state index < -0.39 is 0 Å². The Kier molecular flexibility index (Phi) is 8.94. The van der Waals surface area contributed by atoms with Gasteiger partial charge < -0.3 is 15.4 Å². The van der Waals surface area contributed by atoms with Crippen LogP contribution in [0.5, 0.6) is 0 Å². The maximum absolute atomic E-state index is 5.36. The highest BCUT2D eigenvalue weighted by Gasteiger charge is 2.48. The maximum Gasteiger partial charge on any atom is 0.191 e. The van der Waals surface area contributed by atoms with Gasteiger partial charge in [-0.1, -0.05) is 6.42 Å². The molecule has 0 aromatic rings. The lowest BCUT2D eigenvalue weighted by atomic mass is 9.65. The molecule has 2 saturated carbocycles. The van der Waals surface area contributed by atoms with Crippen molar-refractivity contribution >= 4 is 29.9 Å². The summed E-state index contributed by atoms with van der Waals surface area (Å²) in [4.78, 5) is 4.84. The second-order valence-corrected chi connectivity index (χ2v) is 6.16. The third kappa shape index (κ3) is 5.93. The van der Waals surface area contributed by atoms with E-state index in [4.69, 9.17) is 9.73 Å². The molecule has 0 bridgehead atoms. The minimum absolute atomic E-state index is 0. The first kappa shape index (κ1) is 19.0. The van der Waals surface area contributed by atoms with Crippen molar-refractivity contribution in [2.75, 3.05) is 32.8 Å². The molecule has 2 fully saturated rings. The predicted octanol–water partition coefficient (Wildman–Crippen LogP) is 3.17. The molecule has 0 aromatic carbocycles. The summed E-state index contributed by atoms with van der Waals surface area (Å²) < 4.78 is 5.36. The Labute approximate surface area is 146 Å². The molecule has 2 N–H and O–H groups in total. The molecule has 0 heterocycles. The molecule has 0 spiro atoms. The van der Waals surface area contributed by atoms with Crippen LogP contribution in [0.3, 0.4) is 0 Å². The van der Waals surface area contributed by atoms with E-state index in [1.54, 1.807) is 0 Å². The number of ether oxygens (including phenoxy) is 1. The molecule has 2 rings (SSSR count). The molecule has 0 radical (unpaired) electrons. The fourth-order valence-corrected chi connectivity index (χ4v) is 3.13. The molecule has 0 aliphatic heterocycles. The highest BCUT2D eigenvalue weighted by atomic mass is 127. The monoisotopic (exact) mass is 409 g/mol. The zero-order valence-corrected chi connectivity index (χ0v) is 15.9. The van der Waals surface area contributed by atoms with Crippen molar-refractivity contribution in [3.8, 4) is 0 Å². The standard InChI is InChI=1S/C16H31N3O.HI/c1-3-17-15(18-11-6-12-20-4-2)19-13-16(9-5-10-16)14-7-8-14;/h14H,3-13H2,1-2H3,(H2,17,18,19);1H. The topological polar surface area (TPSA) is 45.7 Å². The summed E-state index contributed by atoms with van der Waals surface area (Å²) in [6, 6.07) is 0. The van der Waals surface area contributed by atoms with Crippen molar-refractivity contribution in [2.45, 2.75) is 52.4 Å². The van der Waals surface area contributed by atoms with Gasteiger partial charge in [0.05, 0.1) is 0 Å². The van der Waals surface area contributed by atoms with Gasteiger partial charge in [0.2, 0.25) is 0 Å². The number of aliphatic imine (C=N–C) groups is 1. The SMILES string of the molecule is CCNC(=NCC1(C2CC2)CCC1)NCCCOCC.I. The largest absolute Gasteiger partial charge is 0.382 e. The third-order valence-corrected chi connectivity index (χ3v) is 4.65. The summed E-state index contributed by atoms with van der Waals surface area (Å²) in [5.74, 6) is 1.96. The summed E-state index contributed by atoms with van der Waals surface area (Å²) in [5.41, 5.74) is 0.563. The van der Waals surface area contributed by atoms with Crippen molar-refractivity contribution in [1.82, 2.24) is 10.6 Å². The minimum atomic E-state index is 0. The van der Waals surface area contributed by atoms with Gasteiger partial charge in [-0.3, -0.25) is 4.99 Å². The van der Waals surface area contributed by atoms with Crippen molar-refractivity contribution in [2.24, 2.45) is 16.3 Å². The molecule has 4 nitrogen and oxygen atoms in total. The highest BCUT2D eigenvalue weighted by Crippen LogP contribution is 2.57. The Morgan fingerprint density at radius 3 is 2.52 bits per heavy atom. The zero-order valence-electron chi connectivity index (χ0n) is 13.6. The molecule has 0 atom stereocenters. The average Bonchev–Trinajstić information content (AvgIpc) is 3.22. The van der Waals surface area contributed by atoms with Crippen molar-refractivity contribution in [3.63, 3.8) is 0 Å². The fourth-order valence-electron chi connectivity index (χ4n) is 3.13. The van der Waals surface area contributed by atoms with Crippen LogP contribution in [0.25, 0.3) is 0 Å². The lowest BCUT2D eigenvalue weighted by Gasteiger charge is -2.41. The van der Waals surface area contributed by atoms with Crippen molar-refractivity contribution in [1.29, 1.82) is 0 Å². The molecular weight excluding hydrogens is 377 g/mol. The van der Waals surface area contributed by atoms with Crippen LogP contribution >= 0.6 is 24.0 Å². The number of nitrogens with one attached hydrogen (secondary N) is 2. The molecule has 0 unspecified atom stereocenters. The number of hydrogen-bond donors (Lipinski definition) is 2. The van der Waals surface area contributed by atoms with E-state index in [0.29, 0.717) is 5.41 Å². The van der Waals surface area contributed by atoms with Gasteiger partial charge in [0.25, 0.3) is 0 Å². The summed E-state index contributed by atoms with van der Waals surface area (Å²) in [5, 5.41) is 6.77. The Morgan fingerprint density at radius 2 is 2.00 bits per heavy atom. The van der Waals surface area contributed by atoms with Crippen molar-refractivity contribution < 1.29 is 4.74 Å². The second kappa shape index (κ2) is 9.87. The molecule has 2 aliphatic rings. The first-order valence-corrected chi connectivity index (χ1v) is 8.40. The second-order valence-electron chi connectivity index (χ2n) is 6.16. The van der Waals surface area contributed by atoms with Crippen LogP contribution in [0, 0.1) is 11.3 Å². The van der Waals surface area contributed by atoms with Crippen LogP contribution in [-0.2, 0) is 4.74 Å². The van der Waals surface area contributed by atoms with E-state index in [-0.39, 0.29) is 24.0 Å². The van der Waals surface area contributed by atoms with Crippen LogP contribution in [0.1, 0.15) is 52.4 Å². The van der Waals surface area contributed by atoms with E-state index in [1.165, 1.54) is 32.1 Å². The number of hydrogen-bond acceptors (Lipinski definition) is 2. The number of rotatable bonds is 9. The molecule has 124 valence electrons. The van der Waals surface area contributed by atoms with Gasteiger partial charge in [0.1, 0.15) is 0 Å². The summed E-state index contributed by atoms with van der Waals surface area (Å²) in [6.45, 7) is 8.66. The van der Waals surface area contributed by atoms with E-state index in [9.17, 15) is 0 Å². The molecule has 0 saturated heterocycles. The van der Waals surface area contributed by atoms with Gasteiger partial charge in [0.15, 0.2) is 5.96 Å². The first-order chi connectivity index (χ1) is 9.80. The van der Waals surface area contributed by atoms with Gasteiger partial charge in [-0.15, -0.1) is 24.0 Å². The third-order valence-electron chi connectivity index (χ3n) is 4.65. The number of halogens is 1. The van der Waals surface area contributed by atoms with E-state index in [1.807, 2.05) is 6.92 Å². The summed E-state index contributed by atoms with van der Waals surface area (Å²) >= 11 is 0. The van der Waals surface area contributed by atoms with Gasteiger partial charge in [0, 0.05) is 32.8 Å². The van der Waals surface area contributed by atoms with Crippen LogP contribution in [0.2, 0.25) is 0 Å². The lowest BCUT2D eigenvalue weighted by Crippen LogP contribution is -2.41. The lowest BCUT2D eigenvalue weighted by molar-refractivity contribution is 0.113. The molecule has 2 aliphatic carbocycles. The minimum Gasteiger partial charge on any atom is -0.382 e. The smallest absolute Gasteiger partial charge is 0.191 e. The molecule has 21 heavy (non-hydrogen) atoms. The highest BCUT2D eigenvalue weighted by molar-refractivity contribution is 14.0. The normalized spacial score (nSPS) is 20.4. The average molecular weight is 409 g/mol. The van der Waals surface area contributed by atoms with E-state index in [0.717, 1.165) is 51.1 Å². The van der Waals surface area contributed by atoms with E-state index in [2.05, 4.69) is 17.6 Å². The Bertz CT molecular complexity index is 315. The predicted molar refractivity (Wildman–Crippen MR) is 99.5 cm³/mol. The van der Waals surface area contributed by atoms with E-state index >= 15 is 0 Å². The van der Waals surface area contributed by atoms with Gasteiger partial charge in [-0.25, -0.2) is 0 Å². The summed E-state index contributed by atoms with van der Waals surface area (Å²) in [7, 11) is 0. The Balaban J connectivity index is 0.00000220. The number of guanidine groups is 1. The van der Waals surface area contributed by atoms with Gasteiger partial charge in [-0.05, 0) is 57.3 Å². The molecular formula is C16H32IN3O. The molecule has 5 heteroatoms. The van der Waals surface area contributed by atoms with Crippen LogP contribution < -0.4 is 10.6 Å². The van der Waals surface area contributed by atoms with Crippen LogP contribution in [-0.4, -0.2) is 38.8 Å². The molecule has 0 amide bonds. The Morgan fingerprint density at radius 1 is 1.24 bits per heavy atom. The van der Waals surface area contributed by atoms with Gasteiger partial charge in [-0.2, -0.15) is 0 Å². The van der Waals surface area contributed by atoms with Gasteiger partial charge >= 0.3 is 0 Å². The quantitative estimate of drug-likeness (QED) is 0.266. The number of nitrogens with zero attached hydrogens (tertiary/aromatic N) is 1. The summed E-state index contributed by atoms with van der Waals surface area (Å²) in [6.07, 6.45) is 8.11. The maximum atomic E-state index is 5.36. The van der Waals surface area contributed by atoms with Crippen LogP contribution in [0.4, 0.5) is 0 Å². The zero-order chi connectivity index (χ0) is 14.3.